The maximum atomic E-state index is 13.0. The first-order chi connectivity index (χ1) is 29.5. The van der Waals surface area contributed by atoms with E-state index in [1.54, 1.807) is 6.08 Å². The van der Waals surface area contributed by atoms with E-state index < -0.39 is 59.9 Å². The zero-order chi connectivity index (χ0) is 44.8. The molecule has 360 valence electrons. The number of carbonyl (C=O) groups excluding carboxylic acids is 1. The lowest BCUT2D eigenvalue weighted by Gasteiger charge is -2.41. The summed E-state index contributed by atoms with van der Waals surface area (Å²) in [4.78, 5) is 13.0. The highest BCUT2D eigenvalue weighted by atomic mass is 32.3. The summed E-state index contributed by atoms with van der Waals surface area (Å²) in [6.07, 6.45) is 36.5. The predicted molar refractivity (Wildman–Crippen MR) is 245 cm³/mol. The molecule has 1 rings (SSSR count). The van der Waals surface area contributed by atoms with E-state index >= 15 is 0 Å². The normalized spacial score (nSPS) is 20.8. The molecule has 61 heavy (non-hydrogen) atoms. The van der Waals surface area contributed by atoms with Gasteiger partial charge in [0.15, 0.2) is 6.29 Å². The summed E-state index contributed by atoms with van der Waals surface area (Å²) < 4.78 is 47.6. The SMILES string of the molecule is CCCCC/C=C\CCCCCCCC(=O)NC(COC1OC(CO)C(O)C(OS(=O)(=O)O)C1O)C(O)/C=C/CCCCCCCCCCCCCCCCCCCCCC. The Morgan fingerprint density at radius 3 is 1.51 bits per heavy atom. The number of rotatable bonds is 42. The molecule has 7 unspecified atom stereocenters. The lowest BCUT2D eigenvalue weighted by Crippen LogP contribution is -2.61. The molecule has 0 aromatic heterocycles. The van der Waals surface area contributed by atoms with Gasteiger partial charge < -0.3 is 35.2 Å². The van der Waals surface area contributed by atoms with Gasteiger partial charge in [0, 0.05) is 6.42 Å². The number of aliphatic hydroxyl groups is 4. The number of allylic oxidation sites excluding steroid dienone is 3. The molecule has 0 saturated carbocycles. The van der Waals surface area contributed by atoms with Crippen LogP contribution < -0.4 is 5.32 Å². The molecular weight excluding hydrogens is 799 g/mol. The van der Waals surface area contributed by atoms with Crippen LogP contribution in [-0.4, -0.2) is 95.4 Å². The summed E-state index contributed by atoms with van der Waals surface area (Å²) in [7, 11) is -5.08. The van der Waals surface area contributed by atoms with Crippen molar-refractivity contribution >= 4 is 16.3 Å². The Kier molecular flexibility index (Phi) is 36.8. The first-order valence-corrected chi connectivity index (χ1v) is 26.1. The molecule has 0 aliphatic carbocycles. The summed E-state index contributed by atoms with van der Waals surface area (Å²) >= 11 is 0. The first-order valence-electron chi connectivity index (χ1n) is 24.7. The van der Waals surface area contributed by atoms with Crippen LogP contribution in [0.3, 0.4) is 0 Å². The third kappa shape index (κ3) is 32.0. The molecule has 6 N–H and O–H groups in total. The summed E-state index contributed by atoms with van der Waals surface area (Å²) in [6, 6.07) is -0.945. The Morgan fingerprint density at radius 1 is 0.639 bits per heavy atom. The molecular formula is C48H91NO11S. The van der Waals surface area contributed by atoms with Crippen LogP contribution in [-0.2, 0) is 28.9 Å². The average Bonchev–Trinajstić information content (AvgIpc) is 3.23. The van der Waals surface area contributed by atoms with E-state index in [1.165, 1.54) is 135 Å². The molecule has 0 bridgehead atoms. The molecule has 0 aromatic rings. The zero-order valence-electron chi connectivity index (χ0n) is 38.5. The van der Waals surface area contributed by atoms with Crippen molar-refractivity contribution in [2.45, 2.75) is 262 Å². The van der Waals surface area contributed by atoms with Gasteiger partial charge in [0.2, 0.25) is 5.91 Å². The highest BCUT2D eigenvalue weighted by Crippen LogP contribution is 2.26. The molecule has 1 aliphatic rings. The van der Waals surface area contributed by atoms with Crippen molar-refractivity contribution < 1.29 is 51.8 Å². The fourth-order valence-electron chi connectivity index (χ4n) is 7.86. The molecule has 1 fully saturated rings. The van der Waals surface area contributed by atoms with E-state index in [0.717, 1.165) is 57.8 Å². The predicted octanol–water partition coefficient (Wildman–Crippen LogP) is 10.1. The number of aliphatic hydroxyl groups excluding tert-OH is 4. The number of amides is 1. The second-order valence-corrected chi connectivity index (χ2v) is 18.4. The molecule has 12 nitrogen and oxygen atoms in total. The van der Waals surface area contributed by atoms with Crippen molar-refractivity contribution in [2.24, 2.45) is 0 Å². The van der Waals surface area contributed by atoms with E-state index in [2.05, 4.69) is 35.5 Å². The van der Waals surface area contributed by atoms with E-state index in [4.69, 9.17) is 9.47 Å². The van der Waals surface area contributed by atoms with Gasteiger partial charge in [-0.15, -0.1) is 0 Å². The second-order valence-electron chi connectivity index (χ2n) is 17.4. The lowest BCUT2D eigenvalue weighted by atomic mass is 9.99. The lowest BCUT2D eigenvalue weighted by molar-refractivity contribution is -0.298. The van der Waals surface area contributed by atoms with Crippen molar-refractivity contribution in [2.75, 3.05) is 13.2 Å². The van der Waals surface area contributed by atoms with E-state index in [1.807, 2.05) is 6.08 Å². The second kappa shape index (κ2) is 39.0. The Labute approximate surface area is 372 Å². The molecule has 1 aliphatic heterocycles. The van der Waals surface area contributed by atoms with Crippen LogP contribution in [0.4, 0.5) is 0 Å². The first kappa shape index (κ1) is 57.6. The van der Waals surface area contributed by atoms with Crippen LogP contribution in [0.2, 0.25) is 0 Å². The van der Waals surface area contributed by atoms with Gasteiger partial charge in [-0.05, 0) is 44.9 Å². The van der Waals surface area contributed by atoms with E-state index in [-0.39, 0.29) is 18.9 Å². The maximum absolute atomic E-state index is 13.0. The number of hydrogen-bond acceptors (Lipinski definition) is 10. The molecule has 0 aromatic carbocycles. The van der Waals surface area contributed by atoms with Crippen LogP contribution >= 0.6 is 0 Å². The van der Waals surface area contributed by atoms with Gasteiger partial charge in [0.25, 0.3) is 0 Å². The molecule has 1 amide bonds. The fourth-order valence-corrected chi connectivity index (χ4v) is 8.37. The van der Waals surface area contributed by atoms with Crippen molar-refractivity contribution in [3.63, 3.8) is 0 Å². The number of unbranched alkanes of at least 4 members (excludes halogenated alkanes) is 28. The van der Waals surface area contributed by atoms with Gasteiger partial charge in [0.05, 0.1) is 25.4 Å². The third-order valence-corrected chi connectivity index (χ3v) is 12.2. The highest BCUT2D eigenvalue weighted by Gasteiger charge is 2.48. The molecule has 0 radical (unpaired) electrons. The standard InChI is InChI=1S/C48H91NO11S/c1-3-5-7-9-11-13-15-17-18-19-20-21-22-23-24-25-26-27-29-31-33-35-37-42(51)41(49-44(52)38-36-34-32-30-28-16-14-12-10-8-6-4-2)40-58-48-46(54)47(60-61(55,56)57)45(53)43(39-50)59-48/h12,14,35,37,41-43,45-48,50-51,53-54H,3-11,13,15-34,36,38-40H2,1-2H3,(H,49,52)(H,55,56,57)/b14-12-,37-35+. The zero-order valence-corrected chi connectivity index (χ0v) is 39.3. The van der Waals surface area contributed by atoms with Gasteiger partial charge in [-0.2, -0.15) is 8.42 Å². The van der Waals surface area contributed by atoms with Crippen molar-refractivity contribution in [1.29, 1.82) is 0 Å². The van der Waals surface area contributed by atoms with Gasteiger partial charge >= 0.3 is 10.4 Å². The van der Waals surface area contributed by atoms with Crippen LogP contribution in [0.15, 0.2) is 24.3 Å². The fraction of sp³-hybridized carbons (Fsp3) is 0.896. The molecule has 1 saturated heterocycles. The maximum Gasteiger partial charge on any atom is 0.397 e. The Hall–Kier alpha value is -1.42. The van der Waals surface area contributed by atoms with E-state index in [0.29, 0.717) is 6.42 Å². The number of ether oxygens (including phenoxy) is 2. The molecule has 7 atom stereocenters. The van der Waals surface area contributed by atoms with Gasteiger partial charge in [-0.3, -0.25) is 9.35 Å². The van der Waals surface area contributed by atoms with Gasteiger partial charge in [-0.25, -0.2) is 4.18 Å². The molecule has 0 spiro atoms. The van der Waals surface area contributed by atoms with Crippen molar-refractivity contribution in [3.8, 4) is 0 Å². The smallest absolute Gasteiger partial charge is 0.394 e. The quantitative estimate of drug-likeness (QED) is 0.0194. The summed E-state index contributed by atoms with van der Waals surface area (Å²) in [5.41, 5.74) is 0. The van der Waals surface area contributed by atoms with Crippen molar-refractivity contribution in [3.05, 3.63) is 24.3 Å². The number of nitrogens with one attached hydrogen (secondary N) is 1. The monoisotopic (exact) mass is 890 g/mol. The summed E-state index contributed by atoms with van der Waals surface area (Å²) in [5, 5.41) is 44.7. The topological polar surface area (TPSA) is 192 Å². The molecule has 1 heterocycles. The Morgan fingerprint density at radius 2 is 1.05 bits per heavy atom. The van der Waals surface area contributed by atoms with E-state index in [9.17, 15) is 38.2 Å². The number of carbonyl (C=O) groups is 1. The highest BCUT2D eigenvalue weighted by molar-refractivity contribution is 7.80. The number of hydrogen-bond donors (Lipinski definition) is 6. The van der Waals surface area contributed by atoms with Crippen LogP contribution in [0.25, 0.3) is 0 Å². The Bertz CT molecular complexity index is 1190. The summed E-state index contributed by atoms with van der Waals surface area (Å²) in [5.74, 6) is -0.272. The Balaban J connectivity index is 2.45. The minimum atomic E-state index is -5.08. The third-order valence-electron chi connectivity index (χ3n) is 11.7. The largest absolute Gasteiger partial charge is 0.397 e. The van der Waals surface area contributed by atoms with Crippen LogP contribution in [0.1, 0.15) is 219 Å². The minimum absolute atomic E-state index is 0.259. The molecule has 13 heteroatoms. The van der Waals surface area contributed by atoms with Crippen molar-refractivity contribution in [1.82, 2.24) is 5.32 Å². The summed E-state index contributed by atoms with van der Waals surface area (Å²) in [6.45, 7) is 3.36. The van der Waals surface area contributed by atoms with Crippen LogP contribution in [0, 0.1) is 0 Å². The van der Waals surface area contributed by atoms with Gasteiger partial charge in [0.1, 0.15) is 24.4 Å². The van der Waals surface area contributed by atoms with Gasteiger partial charge in [-0.1, -0.05) is 192 Å². The van der Waals surface area contributed by atoms with Crippen LogP contribution in [0.5, 0.6) is 0 Å². The average molecular weight is 890 g/mol. The minimum Gasteiger partial charge on any atom is -0.394 e.